The summed E-state index contributed by atoms with van der Waals surface area (Å²) in [5.41, 5.74) is 2.62. The average molecular weight is 324 g/mol. The van der Waals surface area contributed by atoms with Gasteiger partial charge in [0.25, 0.3) is 0 Å². The van der Waals surface area contributed by atoms with E-state index >= 15 is 0 Å². The molecule has 0 unspecified atom stereocenters. The fourth-order valence-corrected chi connectivity index (χ4v) is 2.34. The molecular formula is C20H20O4. The van der Waals surface area contributed by atoms with Gasteiger partial charge >= 0.3 is 11.9 Å². The molecule has 2 aromatic rings. The van der Waals surface area contributed by atoms with Crippen LogP contribution in [0.25, 0.3) is 16.7 Å². The van der Waals surface area contributed by atoms with E-state index in [0.717, 1.165) is 11.1 Å². The molecule has 0 N–H and O–H groups in total. The molecule has 2 rings (SSSR count). The number of hydrogen-bond donors (Lipinski definition) is 0. The Balaban J connectivity index is 2.55. The van der Waals surface area contributed by atoms with Crippen molar-refractivity contribution in [3.05, 3.63) is 66.2 Å². The molecule has 0 heterocycles. The lowest BCUT2D eigenvalue weighted by atomic mass is 9.94. The van der Waals surface area contributed by atoms with Crippen molar-refractivity contribution in [2.45, 2.75) is 13.8 Å². The lowest BCUT2D eigenvalue weighted by Crippen LogP contribution is -2.11. The number of benzene rings is 2. The van der Waals surface area contributed by atoms with Crippen molar-refractivity contribution >= 4 is 17.5 Å². The summed E-state index contributed by atoms with van der Waals surface area (Å²) >= 11 is 0. The van der Waals surface area contributed by atoms with Gasteiger partial charge < -0.3 is 9.47 Å². The Hall–Kier alpha value is -2.88. The summed E-state index contributed by atoms with van der Waals surface area (Å²) in [5, 5.41) is 0. The maximum Gasteiger partial charge on any atom is 0.339 e. The maximum atomic E-state index is 12.4. The minimum Gasteiger partial charge on any atom is -0.463 e. The number of hydrogen-bond acceptors (Lipinski definition) is 4. The van der Waals surface area contributed by atoms with Crippen molar-refractivity contribution in [1.29, 1.82) is 0 Å². The van der Waals surface area contributed by atoms with Crippen molar-refractivity contribution in [2.24, 2.45) is 0 Å². The zero-order valence-electron chi connectivity index (χ0n) is 13.8. The van der Waals surface area contributed by atoms with Crippen LogP contribution in [0.2, 0.25) is 0 Å². The molecule has 0 saturated heterocycles. The fourth-order valence-electron chi connectivity index (χ4n) is 2.34. The molecule has 0 spiro atoms. The first-order valence-electron chi connectivity index (χ1n) is 7.87. The van der Waals surface area contributed by atoms with Crippen molar-refractivity contribution in [3.63, 3.8) is 0 Å². The van der Waals surface area contributed by atoms with Gasteiger partial charge in [0.2, 0.25) is 0 Å². The van der Waals surface area contributed by atoms with Crippen molar-refractivity contribution in [2.75, 3.05) is 13.2 Å². The van der Waals surface area contributed by atoms with Crippen LogP contribution >= 0.6 is 0 Å². The zero-order chi connectivity index (χ0) is 17.4. The van der Waals surface area contributed by atoms with Gasteiger partial charge in [-0.1, -0.05) is 54.6 Å². The van der Waals surface area contributed by atoms with E-state index in [1.54, 1.807) is 19.9 Å². The van der Waals surface area contributed by atoms with Crippen LogP contribution in [0.4, 0.5) is 0 Å². The molecule has 24 heavy (non-hydrogen) atoms. The zero-order valence-corrected chi connectivity index (χ0v) is 13.8. The molecule has 0 atom stereocenters. The van der Waals surface area contributed by atoms with E-state index in [9.17, 15) is 9.59 Å². The molecule has 0 fully saturated rings. The van der Waals surface area contributed by atoms with Crippen molar-refractivity contribution < 1.29 is 19.1 Å². The van der Waals surface area contributed by atoms with E-state index in [2.05, 4.69) is 0 Å². The molecule has 0 radical (unpaired) electrons. The lowest BCUT2D eigenvalue weighted by molar-refractivity contribution is -0.139. The Labute approximate surface area is 141 Å². The fraction of sp³-hybridized carbons (Fsp3) is 0.200. The van der Waals surface area contributed by atoms with Crippen LogP contribution in [0.1, 0.15) is 19.4 Å². The molecule has 0 saturated carbocycles. The molecular weight excluding hydrogens is 304 g/mol. The summed E-state index contributed by atoms with van der Waals surface area (Å²) in [6.45, 7) is 3.91. The monoisotopic (exact) mass is 324 g/mol. The van der Waals surface area contributed by atoms with Crippen molar-refractivity contribution in [3.8, 4) is 11.1 Å². The van der Waals surface area contributed by atoms with Gasteiger partial charge in [-0.2, -0.15) is 0 Å². The molecule has 4 heteroatoms. The highest BCUT2D eigenvalue weighted by Crippen LogP contribution is 2.29. The Kier molecular flexibility index (Phi) is 6.32. The largest absolute Gasteiger partial charge is 0.463 e. The predicted octanol–water partition coefficient (Wildman–Crippen LogP) is 3.86. The number of rotatable bonds is 6. The smallest absolute Gasteiger partial charge is 0.339 e. The molecule has 124 valence electrons. The SMILES string of the molecule is CCOC(=O)/C=C(\C(=O)OCC)c1ccccc1-c1ccccc1. The summed E-state index contributed by atoms with van der Waals surface area (Å²) in [5.74, 6) is -1.11. The van der Waals surface area contributed by atoms with Crippen LogP contribution in [-0.2, 0) is 19.1 Å². The summed E-state index contributed by atoms with van der Waals surface area (Å²) in [7, 11) is 0. The topological polar surface area (TPSA) is 52.6 Å². The molecule has 0 aliphatic carbocycles. The van der Waals surface area contributed by atoms with E-state index in [1.807, 2.05) is 48.5 Å². The first-order chi connectivity index (χ1) is 11.7. The van der Waals surface area contributed by atoms with Crippen LogP contribution in [0, 0.1) is 0 Å². The average Bonchev–Trinajstić information content (AvgIpc) is 2.61. The quantitative estimate of drug-likeness (QED) is 0.598. The van der Waals surface area contributed by atoms with Crippen LogP contribution in [0.3, 0.4) is 0 Å². The minimum atomic E-state index is -0.566. The van der Waals surface area contributed by atoms with Crippen molar-refractivity contribution in [1.82, 2.24) is 0 Å². The standard InChI is InChI=1S/C20H20O4/c1-3-23-19(21)14-18(20(22)24-4-2)17-13-9-8-12-16(17)15-10-6-5-7-11-15/h5-14H,3-4H2,1-2H3/b18-14-. The number of esters is 2. The summed E-state index contributed by atoms with van der Waals surface area (Å²) in [6, 6.07) is 17.1. The van der Waals surface area contributed by atoms with Gasteiger partial charge in [-0.3, -0.25) is 0 Å². The normalized spacial score (nSPS) is 11.0. The van der Waals surface area contributed by atoms with E-state index in [4.69, 9.17) is 9.47 Å². The second kappa shape index (κ2) is 8.67. The molecule has 0 aliphatic rings. The Morgan fingerprint density at radius 2 is 1.50 bits per heavy atom. The predicted molar refractivity (Wildman–Crippen MR) is 93.1 cm³/mol. The third-order valence-electron chi connectivity index (χ3n) is 3.35. The van der Waals surface area contributed by atoms with E-state index < -0.39 is 11.9 Å². The number of carbonyl (C=O) groups excluding carboxylic acids is 2. The Morgan fingerprint density at radius 3 is 2.17 bits per heavy atom. The van der Waals surface area contributed by atoms with Crippen LogP contribution < -0.4 is 0 Å². The van der Waals surface area contributed by atoms with Gasteiger partial charge in [0.05, 0.1) is 18.8 Å². The molecule has 0 bridgehead atoms. The second-order valence-electron chi connectivity index (χ2n) is 4.94. The third-order valence-corrected chi connectivity index (χ3v) is 3.35. The van der Waals surface area contributed by atoms with Gasteiger partial charge in [-0.25, -0.2) is 9.59 Å². The third kappa shape index (κ3) is 4.32. The summed E-state index contributed by atoms with van der Waals surface area (Å²) < 4.78 is 10.1. The first-order valence-corrected chi connectivity index (χ1v) is 7.87. The van der Waals surface area contributed by atoms with Crippen LogP contribution in [0.15, 0.2) is 60.7 Å². The molecule has 0 aromatic heterocycles. The number of ether oxygens (including phenoxy) is 2. The minimum absolute atomic E-state index is 0.190. The number of carbonyl (C=O) groups is 2. The lowest BCUT2D eigenvalue weighted by Gasteiger charge is -2.12. The molecule has 0 amide bonds. The van der Waals surface area contributed by atoms with Gasteiger partial charge in [0.1, 0.15) is 0 Å². The van der Waals surface area contributed by atoms with Gasteiger partial charge in [-0.15, -0.1) is 0 Å². The second-order valence-corrected chi connectivity index (χ2v) is 4.94. The maximum absolute atomic E-state index is 12.4. The van der Waals surface area contributed by atoms with Crippen LogP contribution in [-0.4, -0.2) is 25.2 Å². The van der Waals surface area contributed by atoms with E-state index in [1.165, 1.54) is 6.08 Å². The molecule has 4 nitrogen and oxygen atoms in total. The Morgan fingerprint density at radius 1 is 0.875 bits per heavy atom. The van der Waals surface area contributed by atoms with Gasteiger partial charge in [-0.05, 0) is 30.5 Å². The summed E-state index contributed by atoms with van der Waals surface area (Å²) in [6.07, 6.45) is 1.20. The highest BCUT2D eigenvalue weighted by molar-refractivity contribution is 6.22. The Bertz CT molecular complexity index is 732. The van der Waals surface area contributed by atoms with Crippen LogP contribution in [0.5, 0.6) is 0 Å². The highest BCUT2D eigenvalue weighted by Gasteiger charge is 2.19. The van der Waals surface area contributed by atoms with E-state index in [-0.39, 0.29) is 18.8 Å². The highest BCUT2D eigenvalue weighted by atomic mass is 16.5. The first kappa shape index (κ1) is 17.5. The van der Waals surface area contributed by atoms with E-state index in [0.29, 0.717) is 5.56 Å². The molecule has 0 aliphatic heterocycles. The summed E-state index contributed by atoms with van der Waals surface area (Å²) in [4.78, 5) is 24.2. The van der Waals surface area contributed by atoms with Gasteiger partial charge in [0.15, 0.2) is 0 Å². The molecule has 2 aromatic carbocycles. The van der Waals surface area contributed by atoms with Gasteiger partial charge in [0, 0.05) is 6.08 Å².